The molecule has 4 aromatic rings. The quantitative estimate of drug-likeness (QED) is 0.279. The molecule has 2 atom stereocenters. The Balaban J connectivity index is 1.72. The first kappa shape index (κ1) is 26.6. The van der Waals surface area contributed by atoms with Crippen LogP contribution in [0.3, 0.4) is 0 Å². The Morgan fingerprint density at radius 1 is 1.27 bits per heavy atom. The number of carbonyl (C=O) groups excluding carboxylic acids is 1. The molecule has 198 valence electrons. The molecular weight excluding hydrogens is 518 g/mol. The average Bonchev–Trinajstić information content (AvgIpc) is 3.56. The lowest BCUT2D eigenvalue weighted by atomic mass is 10.1. The van der Waals surface area contributed by atoms with E-state index in [0.717, 1.165) is 6.26 Å². The highest BCUT2D eigenvalue weighted by atomic mass is 32.2. The summed E-state index contributed by atoms with van der Waals surface area (Å²) >= 11 is 1.29. The molecule has 0 aliphatic rings. The lowest BCUT2D eigenvalue weighted by Crippen LogP contribution is -2.44. The average molecular weight is 548 g/mol. The summed E-state index contributed by atoms with van der Waals surface area (Å²) in [6.45, 7) is 7.30. The number of hydrogen-bond donors (Lipinski definition) is 3. The largest absolute Gasteiger partial charge is 0.386 e. The van der Waals surface area contributed by atoms with Gasteiger partial charge in [-0.15, -0.1) is 21.5 Å². The fourth-order valence-corrected chi connectivity index (χ4v) is 6.16. The number of H-pyrrole nitrogens is 1. The Bertz CT molecular complexity index is 1530. The summed E-state index contributed by atoms with van der Waals surface area (Å²) < 4.78 is 26.8. The van der Waals surface area contributed by atoms with E-state index < -0.39 is 15.9 Å². The van der Waals surface area contributed by atoms with E-state index in [1.165, 1.54) is 22.2 Å². The van der Waals surface area contributed by atoms with Gasteiger partial charge in [0.25, 0.3) is 5.91 Å². The van der Waals surface area contributed by atoms with Crippen molar-refractivity contribution in [1.29, 1.82) is 0 Å². The number of aromatic amines is 1. The highest BCUT2D eigenvalue weighted by Gasteiger charge is 2.29. The number of nitrogen functional groups attached to an aromatic ring is 1. The number of fused-ring (bicyclic) bond motifs is 1. The number of amides is 1. The van der Waals surface area contributed by atoms with Crippen molar-refractivity contribution in [3.05, 3.63) is 35.2 Å². The molecule has 0 radical (unpaired) electrons. The molecule has 0 aliphatic heterocycles. The number of nitrogens with one attached hydrogen (secondary N) is 1. The Morgan fingerprint density at radius 3 is 2.57 bits per heavy atom. The predicted molar refractivity (Wildman–Crippen MR) is 138 cm³/mol. The van der Waals surface area contributed by atoms with E-state index in [4.69, 9.17) is 5.73 Å². The number of anilines is 1. The smallest absolute Gasteiger partial charge is 0.292 e. The highest BCUT2D eigenvalue weighted by Crippen LogP contribution is 2.34. The molecule has 0 saturated heterocycles. The van der Waals surface area contributed by atoms with Gasteiger partial charge in [-0.1, -0.05) is 0 Å². The van der Waals surface area contributed by atoms with Crippen LogP contribution in [-0.4, -0.2) is 77.4 Å². The van der Waals surface area contributed by atoms with E-state index in [0.29, 0.717) is 27.5 Å². The van der Waals surface area contributed by atoms with E-state index in [2.05, 4.69) is 30.2 Å². The number of nitrogens with zero attached hydrogens (tertiary/aromatic N) is 7. The lowest BCUT2D eigenvalue weighted by molar-refractivity contribution is 0.0604. The monoisotopic (exact) mass is 547 g/mol. The molecule has 0 bridgehead atoms. The van der Waals surface area contributed by atoms with Crippen LogP contribution in [0.5, 0.6) is 0 Å². The van der Waals surface area contributed by atoms with Crippen molar-refractivity contribution < 1.29 is 18.3 Å². The minimum atomic E-state index is -3.75. The van der Waals surface area contributed by atoms with Gasteiger partial charge in [0.2, 0.25) is 5.82 Å². The first-order chi connectivity index (χ1) is 17.4. The molecule has 0 aromatic carbocycles. The summed E-state index contributed by atoms with van der Waals surface area (Å²) in [7, 11) is -3.75. The third-order valence-corrected chi connectivity index (χ3v) is 8.30. The molecule has 0 fully saturated rings. The van der Waals surface area contributed by atoms with Crippen molar-refractivity contribution >= 4 is 38.5 Å². The molecule has 4 rings (SSSR count). The van der Waals surface area contributed by atoms with Gasteiger partial charge >= 0.3 is 0 Å². The summed E-state index contributed by atoms with van der Waals surface area (Å²) in [5, 5.41) is 22.2. The minimum Gasteiger partial charge on any atom is -0.386 e. The highest BCUT2D eigenvalue weighted by molar-refractivity contribution is 7.91. The SMILES string of the molecule is CC(O)c1ncc(-c2cnn3c(N)c(S(C)(=O)=O)c(CC[C@@H](C)N(C(=O)c4nnc[nH]4)C(C)C)nc23)s1. The summed E-state index contributed by atoms with van der Waals surface area (Å²) in [4.78, 5) is 27.0. The normalized spacial score (nSPS) is 13.8. The number of hydrogen-bond acceptors (Lipinski definition) is 11. The Hall–Kier alpha value is -3.43. The van der Waals surface area contributed by atoms with Gasteiger partial charge < -0.3 is 20.7 Å². The molecule has 13 nitrogen and oxygen atoms in total. The summed E-state index contributed by atoms with van der Waals surface area (Å²) in [6.07, 6.45) is 5.51. The van der Waals surface area contributed by atoms with Crippen molar-refractivity contribution in [2.45, 2.75) is 63.6 Å². The van der Waals surface area contributed by atoms with Crippen LogP contribution in [0.15, 0.2) is 23.6 Å². The maximum atomic E-state index is 13.0. The van der Waals surface area contributed by atoms with E-state index in [9.17, 15) is 18.3 Å². The third-order valence-electron chi connectivity index (χ3n) is 5.91. The second kappa shape index (κ2) is 10.1. The Morgan fingerprint density at radius 2 is 2.00 bits per heavy atom. The molecule has 37 heavy (non-hydrogen) atoms. The van der Waals surface area contributed by atoms with Crippen LogP contribution in [0.25, 0.3) is 16.1 Å². The van der Waals surface area contributed by atoms with Gasteiger partial charge in [-0.2, -0.15) is 9.61 Å². The molecule has 4 N–H and O–H groups in total. The zero-order chi connectivity index (χ0) is 27.1. The molecule has 0 aliphatic carbocycles. The molecule has 0 spiro atoms. The molecule has 1 amide bonds. The van der Waals surface area contributed by atoms with Crippen LogP contribution in [0, 0.1) is 0 Å². The number of aromatic nitrogens is 7. The number of nitrogens with two attached hydrogens (primary N) is 1. The van der Waals surface area contributed by atoms with E-state index in [-0.39, 0.29) is 46.6 Å². The molecule has 1 unspecified atom stereocenters. The van der Waals surface area contributed by atoms with Gasteiger partial charge in [-0.3, -0.25) is 4.79 Å². The first-order valence-corrected chi connectivity index (χ1v) is 14.3. The van der Waals surface area contributed by atoms with Crippen molar-refractivity contribution in [2.75, 3.05) is 12.0 Å². The molecule has 15 heteroatoms. The standard InChI is InChI=1S/C22H29N9O4S2/c1-11(2)30(22(33)19-25-10-26-29-19)12(3)6-7-15-17(37(5,34)35)18(23)31-20(28-15)14(8-27-31)16-9-24-21(36-16)13(4)32/h8-13,32H,6-7,23H2,1-5H3,(H,25,26,29)/t12-,13?/m1/s1. The number of rotatable bonds is 9. The zero-order valence-electron chi connectivity index (χ0n) is 21.1. The fourth-order valence-electron chi connectivity index (χ4n) is 4.26. The van der Waals surface area contributed by atoms with Gasteiger partial charge in [-0.05, 0) is 40.5 Å². The van der Waals surface area contributed by atoms with Crippen molar-refractivity contribution in [1.82, 2.24) is 39.7 Å². The van der Waals surface area contributed by atoms with Crippen LogP contribution < -0.4 is 5.73 Å². The number of thiazole rings is 1. The second-order valence-electron chi connectivity index (χ2n) is 9.11. The van der Waals surface area contributed by atoms with Crippen molar-refractivity contribution in [3.8, 4) is 10.4 Å². The number of aliphatic hydroxyl groups is 1. The van der Waals surface area contributed by atoms with Crippen molar-refractivity contribution in [2.24, 2.45) is 0 Å². The molecular formula is C22H29N9O4S2. The fraction of sp³-hybridized carbons (Fsp3) is 0.455. The van der Waals surface area contributed by atoms with E-state index in [1.54, 1.807) is 24.2 Å². The number of aryl methyl sites for hydroxylation is 1. The summed E-state index contributed by atoms with van der Waals surface area (Å²) in [5.74, 6) is -0.213. The summed E-state index contributed by atoms with van der Waals surface area (Å²) in [6, 6.07) is -0.415. The Kier molecular flexibility index (Phi) is 7.30. The lowest BCUT2D eigenvalue weighted by Gasteiger charge is -2.32. The Labute approximate surface area is 217 Å². The minimum absolute atomic E-state index is 0.0416. The second-order valence-corrected chi connectivity index (χ2v) is 12.1. The topological polar surface area (TPSA) is 185 Å². The number of carbonyl (C=O) groups is 1. The van der Waals surface area contributed by atoms with Gasteiger partial charge in [0.1, 0.15) is 28.2 Å². The first-order valence-electron chi connectivity index (χ1n) is 11.6. The third kappa shape index (κ3) is 5.19. The van der Waals surface area contributed by atoms with Crippen LogP contribution in [0.1, 0.15) is 61.5 Å². The molecule has 0 saturated carbocycles. The number of aliphatic hydroxyl groups excluding tert-OH is 1. The maximum absolute atomic E-state index is 13.0. The van der Waals surface area contributed by atoms with Gasteiger partial charge in [-0.25, -0.2) is 18.4 Å². The zero-order valence-corrected chi connectivity index (χ0v) is 22.7. The van der Waals surface area contributed by atoms with Crippen LogP contribution >= 0.6 is 11.3 Å². The van der Waals surface area contributed by atoms with Gasteiger partial charge in [0.15, 0.2) is 15.5 Å². The van der Waals surface area contributed by atoms with Crippen LogP contribution in [-0.2, 0) is 16.3 Å². The predicted octanol–water partition coefficient (Wildman–Crippen LogP) is 1.88. The van der Waals surface area contributed by atoms with Gasteiger partial charge in [0, 0.05) is 24.5 Å². The van der Waals surface area contributed by atoms with Crippen LogP contribution in [0.2, 0.25) is 0 Å². The van der Waals surface area contributed by atoms with Crippen molar-refractivity contribution in [3.63, 3.8) is 0 Å². The molecule has 4 heterocycles. The molecule has 4 aromatic heterocycles. The van der Waals surface area contributed by atoms with E-state index in [1.807, 2.05) is 20.8 Å². The van der Waals surface area contributed by atoms with Crippen LogP contribution in [0.4, 0.5) is 5.82 Å². The van der Waals surface area contributed by atoms with Gasteiger partial charge in [0.05, 0.1) is 22.3 Å². The number of sulfone groups is 1. The summed E-state index contributed by atoms with van der Waals surface area (Å²) in [5.41, 5.74) is 7.61. The maximum Gasteiger partial charge on any atom is 0.292 e. The van der Waals surface area contributed by atoms with E-state index >= 15 is 0 Å².